The third-order valence-electron chi connectivity index (χ3n) is 6.17. The summed E-state index contributed by atoms with van der Waals surface area (Å²) in [5, 5.41) is 0. The van der Waals surface area contributed by atoms with Gasteiger partial charge < -0.3 is 19.0 Å². The van der Waals surface area contributed by atoms with Crippen molar-refractivity contribution in [2.24, 2.45) is 0 Å². The number of carbonyl (C=O) groups is 1. The molecule has 0 bridgehead atoms. The van der Waals surface area contributed by atoms with Crippen molar-refractivity contribution in [2.45, 2.75) is 71.3 Å². The molecule has 4 rings (SSSR count). The lowest BCUT2D eigenvalue weighted by Gasteiger charge is -2.32. The van der Waals surface area contributed by atoms with Gasteiger partial charge in [-0.1, -0.05) is 24.3 Å². The molecule has 2 aliphatic rings. The van der Waals surface area contributed by atoms with E-state index in [1.165, 1.54) is 0 Å². The fraction of sp³-hybridized carbons (Fsp3) is 0.565. The van der Waals surface area contributed by atoms with Gasteiger partial charge in [0.15, 0.2) is 0 Å². The smallest absolute Gasteiger partial charge is 0.444 e. The molecule has 0 unspecified atom stereocenters. The summed E-state index contributed by atoms with van der Waals surface area (Å²) in [5.41, 5.74) is 1.64. The van der Waals surface area contributed by atoms with Gasteiger partial charge in [-0.25, -0.2) is 9.78 Å². The van der Waals surface area contributed by atoms with Crippen molar-refractivity contribution in [3.8, 4) is 11.3 Å². The number of benzene rings is 1. The van der Waals surface area contributed by atoms with Crippen LogP contribution in [0.3, 0.4) is 0 Å². The summed E-state index contributed by atoms with van der Waals surface area (Å²) in [6, 6.07) is 7.99. The second-order valence-corrected chi connectivity index (χ2v) is 11.4. The van der Waals surface area contributed by atoms with Gasteiger partial charge in [-0.2, -0.15) is 0 Å². The number of imidazole rings is 1. The minimum Gasteiger partial charge on any atom is -0.444 e. The van der Waals surface area contributed by atoms with Gasteiger partial charge in [0.2, 0.25) is 0 Å². The minimum absolute atomic E-state index is 0.132. The summed E-state index contributed by atoms with van der Waals surface area (Å²) in [6.45, 7) is 13.8. The van der Waals surface area contributed by atoms with Gasteiger partial charge in [-0.3, -0.25) is 4.90 Å². The second-order valence-electron chi connectivity index (χ2n) is 10.4. The maximum Gasteiger partial charge on any atom is 0.494 e. The predicted octanol–water partition coefficient (Wildman–Crippen LogP) is 4.36. The molecule has 0 radical (unpaired) electrons. The third-order valence-corrected chi connectivity index (χ3v) is 7.18. The molecule has 1 amide bonds. The number of nitrogens with zero attached hydrogens (tertiary/aromatic N) is 2. The van der Waals surface area contributed by atoms with Crippen molar-refractivity contribution < 1.29 is 18.8 Å². The highest BCUT2D eigenvalue weighted by atomic mass is 32.2. The molecule has 1 aromatic heterocycles. The molecule has 1 N–H and O–H groups in total. The van der Waals surface area contributed by atoms with Crippen LogP contribution in [0.15, 0.2) is 30.5 Å². The van der Waals surface area contributed by atoms with E-state index in [9.17, 15) is 4.79 Å². The molecule has 0 spiro atoms. The third kappa shape index (κ3) is 4.56. The molecular formula is C23H32BN3O4S. The molecule has 7 nitrogen and oxygen atoms in total. The summed E-state index contributed by atoms with van der Waals surface area (Å²) >= 11 is 1.70. The van der Waals surface area contributed by atoms with E-state index in [0.29, 0.717) is 5.88 Å². The van der Waals surface area contributed by atoms with Gasteiger partial charge in [-0.15, -0.1) is 11.8 Å². The summed E-state index contributed by atoms with van der Waals surface area (Å²) in [4.78, 5) is 22.3. The molecule has 2 saturated heterocycles. The average molecular weight is 457 g/mol. The van der Waals surface area contributed by atoms with Gasteiger partial charge in [0.05, 0.1) is 29.0 Å². The first-order chi connectivity index (χ1) is 14.9. The number of carbonyl (C=O) groups excluding carboxylic acids is 1. The first kappa shape index (κ1) is 23.2. The standard InChI is InChI=1S/C23H32BN3O4S/c1-21(2,3)29-20(28)27-14-32-13-18(27)19-25-12-17(26-19)15-8-10-16(11-9-15)24-30-22(4,5)23(6,7)31-24/h8-12,18H,13-14H2,1-7H3,(H,25,26)/t18-/m0/s1. The van der Waals surface area contributed by atoms with Gasteiger partial charge in [-0.05, 0) is 59.5 Å². The van der Waals surface area contributed by atoms with Crippen LogP contribution in [0.2, 0.25) is 0 Å². The summed E-state index contributed by atoms with van der Waals surface area (Å²) in [6.07, 6.45) is 1.51. The van der Waals surface area contributed by atoms with E-state index in [-0.39, 0.29) is 30.5 Å². The number of ether oxygens (including phenoxy) is 1. The van der Waals surface area contributed by atoms with E-state index < -0.39 is 5.60 Å². The van der Waals surface area contributed by atoms with Crippen molar-refractivity contribution in [1.29, 1.82) is 0 Å². The quantitative estimate of drug-likeness (QED) is 0.691. The number of rotatable bonds is 3. The number of aromatic nitrogens is 2. The molecule has 32 heavy (non-hydrogen) atoms. The zero-order valence-electron chi connectivity index (χ0n) is 19.9. The van der Waals surface area contributed by atoms with Crippen LogP contribution in [0.5, 0.6) is 0 Å². The molecule has 0 saturated carbocycles. The molecule has 2 aliphatic heterocycles. The summed E-state index contributed by atoms with van der Waals surface area (Å²) in [5.74, 6) is 2.15. The lowest BCUT2D eigenvalue weighted by molar-refractivity contribution is 0.00578. The fourth-order valence-corrected chi connectivity index (χ4v) is 4.77. The number of hydrogen-bond acceptors (Lipinski definition) is 6. The number of aromatic amines is 1. The maximum absolute atomic E-state index is 12.6. The topological polar surface area (TPSA) is 76.7 Å². The highest BCUT2D eigenvalue weighted by Gasteiger charge is 2.51. The van der Waals surface area contributed by atoms with E-state index in [1.807, 2.05) is 51.2 Å². The van der Waals surface area contributed by atoms with Crippen molar-refractivity contribution in [3.05, 3.63) is 36.3 Å². The lowest BCUT2D eigenvalue weighted by Crippen LogP contribution is -2.41. The van der Waals surface area contributed by atoms with Crippen LogP contribution < -0.4 is 5.46 Å². The summed E-state index contributed by atoms with van der Waals surface area (Å²) in [7, 11) is -0.385. The fourth-order valence-electron chi connectivity index (χ4n) is 3.62. The second kappa shape index (κ2) is 8.11. The Balaban J connectivity index is 1.48. The van der Waals surface area contributed by atoms with Crippen LogP contribution in [0, 0.1) is 0 Å². The lowest BCUT2D eigenvalue weighted by atomic mass is 9.79. The molecule has 1 aromatic carbocycles. The molecule has 1 atom stereocenters. The number of amides is 1. The van der Waals surface area contributed by atoms with Crippen molar-refractivity contribution in [2.75, 3.05) is 11.6 Å². The van der Waals surface area contributed by atoms with Crippen LogP contribution in [0.25, 0.3) is 11.3 Å². The zero-order chi connectivity index (χ0) is 23.3. The molecule has 2 aromatic rings. The van der Waals surface area contributed by atoms with Crippen molar-refractivity contribution >= 4 is 30.4 Å². The Bertz CT molecular complexity index is 968. The molecule has 172 valence electrons. The summed E-state index contributed by atoms with van der Waals surface area (Å²) < 4.78 is 17.8. The Morgan fingerprint density at radius 3 is 2.41 bits per heavy atom. The van der Waals surface area contributed by atoms with E-state index >= 15 is 0 Å². The average Bonchev–Trinajstić information content (AvgIpc) is 3.38. The SMILES string of the molecule is CC(C)(C)OC(=O)N1CSC[C@H]1c1ncc(-c2ccc(B3OC(C)(C)C(C)(C)O3)cc2)[nH]1. The normalized spacial score (nSPS) is 22.4. The Hall–Kier alpha value is -1.97. The van der Waals surface area contributed by atoms with Gasteiger partial charge in [0.25, 0.3) is 0 Å². The molecule has 2 fully saturated rings. The first-order valence-corrected chi connectivity index (χ1v) is 12.1. The maximum atomic E-state index is 12.6. The van der Waals surface area contributed by atoms with Gasteiger partial charge in [0, 0.05) is 5.75 Å². The number of hydrogen-bond donors (Lipinski definition) is 1. The Morgan fingerprint density at radius 1 is 1.19 bits per heavy atom. The van der Waals surface area contributed by atoms with E-state index in [2.05, 4.69) is 37.7 Å². The Kier molecular flexibility index (Phi) is 5.88. The van der Waals surface area contributed by atoms with Gasteiger partial charge in [0.1, 0.15) is 17.5 Å². The van der Waals surface area contributed by atoms with E-state index in [0.717, 1.165) is 28.3 Å². The molecular weight excluding hydrogens is 425 g/mol. The zero-order valence-corrected chi connectivity index (χ0v) is 20.7. The van der Waals surface area contributed by atoms with Crippen molar-refractivity contribution in [3.63, 3.8) is 0 Å². The molecule has 3 heterocycles. The highest BCUT2D eigenvalue weighted by Crippen LogP contribution is 2.37. The Morgan fingerprint density at radius 2 is 1.81 bits per heavy atom. The van der Waals surface area contributed by atoms with Crippen LogP contribution in [0.4, 0.5) is 4.79 Å². The predicted molar refractivity (Wildman–Crippen MR) is 128 cm³/mol. The largest absolute Gasteiger partial charge is 0.494 e. The monoisotopic (exact) mass is 457 g/mol. The van der Waals surface area contributed by atoms with Crippen LogP contribution in [-0.4, -0.2) is 56.5 Å². The molecule has 9 heteroatoms. The number of H-pyrrole nitrogens is 1. The highest BCUT2D eigenvalue weighted by molar-refractivity contribution is 7.99. The van der Waals surface area contributed by atoms with E-state index in [4.69, 9.17) is 14.0 Å². The Labute approximate surface area is 194 Å². The number of nitrogens with one attached hydrogen (secondary N) is 1. The first-order valence-electron chi connectivity index (χ1n) is 10.9. The number of thioether (sulfide) groups is 1. The van der Waals surface area contributed by atoms with Gasteiger partial charge >= 0.3 is 13.2 Å². The van der Waals surface area contributed by atoms with Crippen LogP contribution in [0.1, 0.15) is 60.3 Å². The minimum atomic E-state index is -0.526. The van der Waals surface area contributed by atoms with Crippen LogP contribution >= 0.6 is 11.8 Å². The molecule has 0 aliphatic carbocycles. The van der Waals surface area contributed by atoms with Crippen LogP contribution in [-0.2, 0) is 14.0 Å². The van der Waals surface area contributed by atoms with Crippen molar-refractivity contribution in [1.82, 2.24) is 14.9 Å². The van der Waals surface area contributed by atoms with E-state index in [1.54, 1.807) is 16.7 Å².